The molecule has 0 bridgehead atoms. The molecule has 1 saturated heterocycles. The van der Waals surface area contributed by atoms with E-state index in [1.54, 1.807) is 13.2 Å². The predicted octanol–water partition coefficient (Wildman–Crippen LogP) is 5.46. The number of hydrogen-bond acceptors (Lipinski definition) is 6. The van der Waals surface area contributed by atoms with Gasteiger partial charge in [-0.1, -0.05) is 36.4 Å². The summed E-state index contributed by atoms with van der Waals surface area (Å²) < 4.78 is 17.2. The number of amidine groups is 1. The van der Waals surface area contributed by atoms with Crippen molar-refractivity contribution >= 4 is 45.2 Å². The van der Waals surface area contributed by atoms with E-state index in [0.29, 0.717) is 23.4 Å². The normalized spacial score (nSPS) is 17.1. The van der Waals surface area contributed by atoms with E-state index >= 15 is 0 Å². The summed E-state index contributed by atoms with van der Waals surface area (Å²) in [6.07, 6.45) is -0.226. The molecule has 0 aliphatic carbocycles. The number of nitrogens with zero attached hydrogens (tertiary/aromatic N) is 2. The minimum absolute atomic E-state index is 0.385. The topological polar surface area (TPSA) is 76.3 Å². The first kappa shape index (κ1) is 18.7. The molecule has 1 aromatic heterocycles. The minimum Gasteiger partial charge on any atom is -0.495 e. The van der Waals surface area contributed by atoms with Gasteiger partial charge in [0, 0.05) is 36.3 Å². The molecule has 0 saturated carbocycles. The molecular formula is C25H21N3O4. The fraction of sp³-hybridized carbons (Fsp3) is 0.200. The zero-order valence-corrected chi connectivity index (χ0v) is 17.5. The van der Waals surface area contributed by atoms with Crippen LogP contribution in [0.3, 0.4) is 0 Å². The van der Waals surface area contributed by atoms with Gasteiger partial charge in [0.25, 0.3) is 0 Å². The number of aliphatic imine (C=N–C) groups is 1. The Balaban J connectivity index is 1.25. The third-order valence-electron chi connectivity index (χ3n) is 6.05. The summed E-state index contributed by atoms with van der Waals surface area (Å²) in [5.41, 5.74) is 4.07. The quantitative estimate of drug-likeness (QED) is 0.470. The number of rotatable bonds is 3. The summed E-state index contributed by atoms with van der Waals surface area (Å²) in [7, 11) is 1.57. The molecular weight excluding hydrogens is 406 g/mol. The van der Waals surface area contributed by atoms with Gasteiger partial charge in [0.05, 0.1) is 18.5 Å². The fourth-order valence-corrected chi connectivity index (χ4v) is 4.50. The number of carbonyl (C=O) groups excluding carboxylic acids is 1. The number of hydrogen-bond donors (Lipinski definition) is 1. The Kier molecular flexibility index (Phi) is 4.28. The molecule has 0 spiro atoms. The van der Waals surface area contributed by atoms with E-state index in [0.717, 1.165) is 41.0 Å². The lowest BCUT2D eigenvalue weighted by Gasteiger charge is -2.26. The molecule has 3 aromatic carbocycles. The average molecular weight is 427 g/mol. The van der Waals surface area contributed by atoms with Gasteiger partial charge in [-0.3, -0.25) is 5.32 Å². The van der Waals surface area contributed by atoms with Gasteiger partial charge in [-0.15, -0.1) is 0 Å². The van der Waals surface area contributed by atoms with Crippen LogP contribution in [0.4, 0.5) is 16.2 Å². The van der Waals surface area contributed by atoms with E-state index < -0.39 is 6.09 Å². The molecule has 160 valence electrons. The molecule has 0 radical (unpaired) electrons. The molecule has 4 aromatic rings. The van der Waals surface area contributed by atoms with Gasteiger partial charge < -0.3 is 18.8 Å². The van der Waals surface area contributed by atoms with Crippen LogP contribution in [0.1, 0.15) is 12.0 Å². The summed E-state index contributed by atoms with van der Waals surface area (Å²) in [6.45, 7) is 1.59. The molecule has 1 fully saturated rings. The number of methoxy groups -OCH3 is 1. The average Bonchev–Trinajstić information content (AvgIpc) is 3.37. The lowest BCUT2D eigenvalue weighted by Crippen LogP contribution is -2.34. The van der Waals surface area contributed by atoms with E-state index in [1.807, 2.05) is 48.5 Å². The van der Waals surface area contributed by atoms with Crippen molar-refractivity contribution in [1.29, 1.82) is 0 Å². The molecule has 1 amide bonds. The Morgan fingerprint density at radius 3 is 2.84 bits per heavy atom. The zero-order valence-electron chi connectivity index (χ0n) is 17.5. The highest BCUT2D eigenvalue weighted by Crippen LogP contribution is 2.37. The van der Waals surface area contributed by atoms with Crippen molar-refractivity contribution in [2.24, 2.45) is 4.99 Å². The van der Waals surface area contributed by atoms with Gasteiger partial charge in [0.1, 0.15) is 22.8 Å². The van der Waals surface area contributed by atoms with Crippen LogP contribution in [0.2, 0.25) is 0 Å². The van der Waals surface area contributed by atoms with Crippen LogP contribution in [-0.4, -0.2) is 36.6 Å². The van der Waals surface area contributed by atoms with E-state index in [4.69, 9.17) is 18.9 Å². The van der Waals surface area contributed by atoms with Crippen molar-refractivity contribution in [3.63, 3.8) is 0 Å². The number of nitrogens with one attached hydrogen (secondary N) is 1. The second kappa shape index (κ2) is 7.30. The highest BCUT2D eigenvalue weighted by Gasteiger charge is 2.35. The summed E-state index contributed by atoms with van der Waals surface area (Å²) in [6, 6.07) is 19.5. The molecule has 1 N–H and O–H groups in total. The van der Waals surface area contributed by atoms with E-state index in [1.165, 1.54) is 5.56 Å². The highest BCUT2D eigenvalue weighted by atomic mass is 16.6. The van der Waals surface area contributed by atoms with Crippen LogP contribution in [0.5, 0.6) is 5.75 Å². The predicted molar refractivity (Wildman–Crippen MR) is 123 cm³/mol. The van der Waals surface area contributed by atoms with Crippen molar-refractivity contribution in [1.82, 2.24) is 4.90 Å². The van der Waals surface area contributed by atoms with Crippen LogP contribution in [-0.2, 0) is 11.3 Å². The standard InChI is InChI=1S/C25H21N3O4/c1-30-23-12-17-16-7-3-5-9-20(16)31-22(17)13-19(23)27-25(29)32-21-10-11-28-14-15-6-2-4-8-18(15)26-24(21)28/h2-9,12-13,21H,10-11,14H2,1H3,(H,27,29). The van der Waals surface area contributed by atoms with Gasteiger partial charge in [0.2, 0.25) is 0 Å². The van der Waals surface area contributed by atoms with E-state index in [-0.39, 0.29) is 6.10 Å². The third-order valence-corrected chi connectivity index (χ3v) is 6.05. The van der Waals surface area contributed by atoms with Gasteiger partial charge in [-0.05, 0) is 23.8 Å². The summed E-state index contributed by atoms with van der Waals surface area (Å²) >= 11 is 0. The number of amides is 1. The van der Waals surface area contributed by atoms with Crippen LogP contribution in [0, 0.1) is 0 Å². The van der Waals surface area contributed by atoms with Crippen LogP contribution in [0.15, 0.2) is 70.1 Å². The number of benzene rings is 3. The van der Waals surface area contributed by atoms with Gasteiger partial charge in [-0.2, -0.15) is 0 Å². The highest BCUT2D eigenvalue weighted by molar-refractivity contribution is 6.07. The Bertz CT molecular complexity index is 1390. The van der Waals surface area contributed by atoms with Crippen molar-refractivity contribution in [3.8, 4) is 5.75 Å². The first-order valence-corrected chi connectivity index (χ1v) is 10.6. The lowest BCUT2D eigenvalue weighted by atomic mass is 10.1. The van der Waals surface area contributed by atoms with Gasteiger partial charge >= 0.3 is 6.09 Å². The molecule has 7 heteroatoms. The van der Waals surface area contributed by atoms with Crippen molar-refractivity contribution < 1.29 is 18.7 Å². The van der Waals surface area contributed by atoms with Gasteiger partial charge in [-0.25, -0.2) is 9.79 Å². The minimum atomic E-state index is -0.549. The molecule has 7 nitrogen and oxygen atoms in total. The summed E-state index contributed by atoms with van der Waals surface area (Å²) in [4.78, 5) is 19.7. The molecule has 2 aliphatic heterocycles. The Morgan fingerprint density at radius 1 is 1.09 bits per heavy atom. The second-order valence-electron chi connectivity index (χ2n) is 7.97. The Labute approximate surface area is 184 Å². The first-order valence-electron chi connectivity index (χ1n) is 10.6. The number of carbonyl (C=O) groups is 1. The Morgan fingerprint density at radius 2 is 1.94 bits per heavy atom. The Hall–Kier alpha value is -4.00. The molecule has 3 heterocycles. The maximum absolute atomic E-state index is 12.8. The SMILES string of the molecule is COc1cc2c(cc1NC(=O)OC1CCN3Cc4ccccc4N=C13)oc1ccccc12. The number of ether oxygens (including phenoxy) is 2. The second-order valence-corrected chi connectivity index (χ2v) is 7.97. The van der Waals surface area contributed by atoms with Crippen molar-refractivity contribution in [3.05, 3.63) is 66.2 Å². The number of para-hydroxylation sites is 2. The van der Waals surface area contributed by atoms with Crippen molar-refractivity contribution in [2.75, 3.05) is 19.0 Å². The summed E-state index contributed by atoms with van der Waals surface area (Å²) in [5.74, 6) is 1.34. The smallest absolute Gasteiger partial charge is 0.412 e. The van der Waals surface area contributed by atoms with Crippen LogP contribution < -0.4 is 10.1 Å². The maximum Gasteiger partial charge on any atom is 0.412 e. The first-order chi connectivity index (χ1) is 15.7. The molecule has 1 unspecified atom stereocenters. The van der Waals surface area contributed by atoms with Crippen LogP contribution in [0.25, 0.3) is 21.9 Å². The van der Waals surface area contributed by atoms with Gasteiger partial charge in [0.15, 0.2) is 6.10 Å². The van der Waals surface area contributed by atoms with Crippen molar-refractivity contribution in [2.45, 2.75) is 19.1 Å². The molecule has 1 atom stereocenters. The molecule has 6 rings (SSSR count). The third kappa shape index (κ3) is 3.05. The molecule has 2 aliphatic rings. The zero-order chi connectivity index (χ0) is 21.7. The van der Waals surface area contributed by atoms with E-state index in [2.05, 4.69) is 16.3 Å². The number of fused-ring (bicyclic) bond motifs is 5. The van der Waals surface area contributed by atoms with Crippen LogP contribution >= 0.6 is 0 Å². The summed E-state index contributed by atoms with van der Waals surface area (Å²) in [5, 5.41) is 4.75. The van der Waals surface area contributed by atoms with E-state index in [9.17, 15) is 4.79 Å². The maximum atomic E-state index is 12.8. The lowest BCUT2D eigenvalue weighted by molar-refractivity contribution is 0.143. The monoisotopic (exact) mass is 427 g/mol. The molecule has 32 heavy (non-hydrogen) atoms. The number of anilines is 1. The largest absolute Gasteiger partial charge is 0.495 e. The number of furan rings is 1. The fourth-order valence-electron chi connectivity index (χ4n) is 4.50.